The van der Waals surface area contributed by atoms with Gasteiger partial charge in [0.25, 0.3) is 5.91 Å². The van der Waals surface area contributed by atoms with Gasteiger partial charge in [0.05, 0.1) is 22.7 Å². The molecule has 1 N–H and O–H groups in total. The van der Waals surface area contributed by atoms with Crippen LogP contribution in [0.2, 0.25) is 0 Å². The minimum atomic E-state index is -0.243. The molecule has 0 spiro atoms. The van der Waals surface area contributed by atoms with Gasteiger partial charge >= 0.3 is 0 Å². The van der Waals surface area contributed by atoms with Gasteiger partial charge in [-0.3, -0.25) is 4.79 Å². The van der Waals surface area contributed by atoms with Gasteiger partial charge in [-0.2, -0.15) is 5.26 Å². The van der Waals surface area contributed by atoms with Gasteiger partial charge in [-0.1, -0.05) is 0 Å². The maximum absolute atomic E-state index is 12.0. The maximum atomic E-state index is 12.0. The molecule has 2 rings (SSSR count). The zero-order chi connectivity index (χ0) is 18.2. The highest BCUT2D eigenvalue weighted by Gasteiger charge is 2.14. The Morgan fingerprint density at radius 1 is 1.44 bits per heavy atom. The third-order valence-electron chi connectivity index (χ3n) is 3.38. The summed E-state index contributed by atoms with van der Waals surface area (Å²) in [5, 5.41) is 11.8. The highest BCUT2D eigenvalue weighted by atomic mass is 79.9. The molecule has 0 bridgehead atoms. The van der Waals surface area contributed by atoms with Crippen LogP contribution in [-0.2, 0) is 18.3 Å². The Hall–Kier alpha value is -2.53. The second-order valence-electron chi connectivity index (χ2n) is 5.17. The third kappa shape index (κ3) is 5.22. The van der Waals surface area contributed by atoms with Crippen LogP contribution in [0.5, 0.6) is 11.5 Å². The van der Waals surface area contributed by atoms with Gasteiger partial charge in [-0.15, -0.1) is 0 Å². The second-order valence-corrected chi connectivity index (χ2v) is 6.03. The molecule has 0 saturated heterocycles. The number of aryl methyl sites for hydroxylation is 1. The lowest BCUT2D eigenvalue weighted by molar-refractivity contribution is -0.123. The fraction of sp³-hybridized carbons (Fsp3) is 0.353. The number of carbonyl (C=O) groups is 1. The predicted octanol–water partition coefficient (Wildman–Crippen LogP) is 2.19. The maximum Gasteiger partial charge on any atom is 0.257 e. The Morgan fingerprint density at radius 2 is 2.24 bits per heavy atom. The van der Waals surface area contributed by atoms with Crippen molar-refractivity contribution in [1.29, 1.82) is 5.26 Å². The van der Waals surface area contributed by atoms with Crippen molar-refractivity contribution in [3.05, 3.63) is 40.4 Å². The van der Waals surface area contributed by atoms with Gasteiger partial charge in [0.15, 0.2) is 18.1 Å². The van der Waals surface area contributed by atoms with Gasteiger partial charge in [0.1, 0.15) is 5.82 Å². The molecule has 2 aromatic rings. The summed E-state index contributed by atoms with van der Waals surface area (Å²) in [5.41, 5.74) is 0.446. The van der Waals surface area contributed by atoms with Crippen molar-refractivity contribution in [3.8, 4) is 17.6 Å². The Labute approximate surface area is 154 Å². The number of nitrogens with zero attached hydrogens (tertiary/aromatic N) is 3. The molecule has 1 aromatic carbocycles. The summed E-state index contributed by atoms with van der Waals surface area (Å²) in [4.78, 5) is 16.2. The number of halogens is 1. The number of aromatic nitrogens is 2. The highest BCUT2D eigenvalue weighted by molar-refractivity contribution is 9.10. The molecular formula is C17H19BrN4O3. The average molecular weight is 407 g/mol. The van der Waals surface area contributed by atoms with E-state index in [0.29, 0.717) is 41.1 Å². The normalized spacial score (nSPS) is 10.2. The molecule has 0 saturated carbocycles. The standard InChI is InChI=1S/C17H19BrN4O3/c1-3-24-14-9-12(10-19)8-13(18)17(14)25-11-16(23)21-5-4-15-20-6-7-22(15)2/h6-9H,3-5,11H2,1-2H3,(H,21,23). The lowest BCUT2D eigenvalue weighted by Crippen LogP contribution is -2.31. The van der Waals surface area contributed by atoms with Crippen LogP contribution in [0.3, 0.4) is 0 Å². The lowest BCUT2D eigenvalue weighted by atomic mass is 10.2. The van der Waals surface area contributed by atoms with E-state index in [9.17, 15) is 4.79 Å². The van der Waals surface area contributed by atoms with E-state index in [-0.39, 0.29) is 12.5 Å². The van der Waals surface area contributed by atoms with Crippen LogP contribution in [0.4, 0.5) is 0 Å². The number of nitriles is 1. The zero-order valence-corrected chi connectivity index (χ0v) is 15.7. The van der Waals surface area contributed by atoms with E-state index < -0.39 is 0 Å². The molecule has 8 heteroatoms. The Kier molecular flexibility index (Phi) is 6.83. The highest BCUT2D eigenvalue weighted by Crippen LogP contribution is 2.36. The van der Waals surface area contributed by atoms with Crippen LogP contribution in [0.25, 0.3) is 0 Å². The van der Waals surface area contributed by atoms with E-state index >= 15 is 0 Å². The van der Waals surface area contributed by atoms with Crippen LogP contribution >= 0.6 is 15.9 Å². The summed E-state index contributed by atoms with van der Waals surface area (Å²) < 4.78 is 13.5. The minimum Gasteiger partial charge on any atom is -0.490 e. The van der Waals surface area contributed by atoms with Crippen molar-refractivity contribution < 1.29 is 14.3 Å². The van der Waals surface area contributed by atoms with Crippen molar-refractivity contribution in [2.75, 3.05) is 19.8 Å². The van der Waals surface area contributed by atoms with E-state index in [1.807, 2.05) is 24.7 Å². The summed E-state index contributed by atoms with van der Waals surface area (Å²) in [6.07, 6.45) is 4.22. The molecule has 7 nitrogen and oxygen atoms in total. The molecule has 0 fully saturated rings. The fourth-order valence-corrected chi connectivity index (χ4v) is 2.73. The molecule has 0 aliphatic carbocycles. The van der Waals surface area contributed by atoms with Crippen molar-refractivity contribution in [1.82, 2.24) is 14.9 Å². The molecule has 0 aliphatic heterocycles. The Balaban J connectivity index is 1.90. The number of benzene rings is 1. The number of imidazole rings is 1. The third-order valence-corrected chi connectivity index (χ3v) is 3.97. The van der Waals surface area contributed by atoms with Gasteiger partial charge in [0.2, 0.25) is 0 Å². The summed E-state index contributed by atoms with van der Waals surface area (Å²) in [5.74, 6) is 1.48. The smallest absolute Gasteiger partial charge is 0.257 e. The molecule has 1 amide bonds. The summed E-state index contributed by atoms with van der Waals surface area (Å²) in [6.45, 7) is 2.58. The molecule has 0 atom stereocenters. The Bertz CT molecular complexity index is 783. The molecule has 0 unspecified atom stereocenters. The largest absolute Gasteiger partial charge is 0.490 e. The van der Waals surface area contributed by atoms with Gasteiger partial charge in [-0.25, -0.2) is 4.98 Å². The molecule has 1 heterocycles. The predicted molar refractivity (Wildman–Crippen MR) is 95.4 cm³/mol. The summed E-state index contributed by atoms with van der Waals surface area (Å²) in [7, 11) is 1.91. The monoisotopic (exact) mass is 406 g/mol. The van der Waals surface area contributed by atoms with Crippen LogP contribution in [0.1, 0.15) is 18.3 Å². The second kappa shape index (κ2) is 9.08. The first kappa shape index (κ1) is 18.8. The van der Waals surface area contributed by atoms with Crippen LogP contribution in [0.15, 0.2) is 29.0 Å². The van der Waals surface area contributed by atoms with Crippen molar-refractivity contribution in [2.45, 2.75) is 13.3 Å². The van der Waals surface area contributed by atoms with Gasteiger partial charge < -0.3 is 19.4 Å². The van der Waals surface area contributed by atoms with Gasteiger partial charge in [-0.05, 0) is 28.9 Å². The first-order chi connectivity index (χ1) is 12.0. The number of amides is 1. The molecule has 0 aliphatic rings. The quantitative estimate of drug-likeness (QED) is 0.725. The van der Waals surface area contributed by atoms with E-state index in [2.05, 4.69) is 32.3 Å². The van der Waals surface area contributed by atoms with Crippen LogP contribution < -0.4 is 14.8 Å². The van der Waals surface area contributed by atoms with Crippen molar-refractivity contribution in [3.63, 3.8) is 0 Å². The summed E-state index contributed by atoms with van der Waals surface area (Å²) in [6, 6.07) is 5.26. The van der Waals surface area contributed by atoms with Crippen LogP contribution in [0, 0.1) is 11.3 Å². The number of ether oxygens (including phenoxy) is 2. The number of carbonyl (C=O) groups excluding carboxylic acids is 1. The fourth-order valence-electron chi connectivity index (χ4n) is 2.18. The average Bonchev–Trinajstić information content (AvgIpc) is 2.99. The van der Waals surface area contributed by atoms with E-state index in [4.69, 9.17) is 14.7 Å². The molecule has 0 radical (unpaired) electrons. The summed E-state index contributed by atoms with van der Waals surface area (Å²) >= 11 is 3.35. The number of rotatable bonds is 8. The van der Waals surface area contributed by atoms with E-state index in [1.54, 1.807) is 18.3 Å². The lowest BCUT2D eigenvalue weighted by Gasteiger charge is -2.14. The van der Waals surface area contributed by atoms with Crippen LogP contribution in [-0.4, -0.2) is 35.2 Å². The first-order valence-corrected chi connectivity index (χ1v) is 8.56. The van der Waals surface area contributed by atoms with Crippen molar-refractivity contribution in [2.24, 2.45) is 7.05 Å². The number of hydrogen-bond donors (Lipinski definition) is 1. The van der Waals surface area contributed by atoms with Crippen molar-refractivity contribution >= 4 is 21.8 Å². The van der Waals surface area contributed by atoms with E-state index in [1.165, 1.54) is 0 Å². The Morgan fingerprint density at radius 3 is 2.88 bits per heavy atom. The molecule has 132 valence electrons. The van der Waals surface area contributed by atoms with Gasteiger partial charge in [0, 0.05) is 38.5 Å². The topological polar surface area (TPSA) is 89.2 Å². The first-order valence-electron chi connectivity index (χ1n) is 7.77. The minimum absolute atomic E-state index is 0.148. The molecule has 1 aromatic heterocycles. The molecule has 25 heavy (non-hydrogen) atoms. The zero-order valence-electron chi connectivity index (χ0n) is 14.1. The molecular weight excluding hydrogens is 388 g/mol. The number of nitrogens with one attached hydrogen (secondary N) is 1. The SMILES string of the molecule is CCOc1cc(C#N)cc(Br)c1OCC(=O)NCCc1nccn1C. The van der Waals surface area contributed by atoms with E-state index in [0.717, 1.165) is 5.82 Å². The number of hydrogen-bond acceptors (Lipinski definition) is 5.